The van der Waals surface area contributed by atoms with Crippen molar-refractivity contribution in [3.8, 4) is 0 Å². The second-order valence-electron chi connectivity index (χ2n) is 8.81. The third kappa shape index (κ3) is 6.53. The monoisotopic (exact) mass is 455 g/mol. The molecule has 0 bridgehead atoms. The third-order valence-electron chi connectivity index (χ3n) is 6.28. The Bertz CT molecular complexity index is 1120. The molecule has 1 fully saturated rings. The fourth-order valence-electron chi connectivity index (χ4n) is 4.30. The number of nitrogens with one attached hydrogen (secondary N) is 1. The number of hydrogen-bond acceptors (Lipinski definition) is 5. The Morgan fingerprint density at radius 1 is 1.00 bits per heavy atom. The molecule has 34 heavy (non-hydrogen) atoms. The van der Waals surface area contributed by atoms with E-state index < -0.39 is 0 Å². The number of amides is 1. The van der Waals surface area contributed by atoms with Crippen LogP contribution < -0.4 is 11.1 Å². The first-order valence-corrected chi connectivity index (χ1v) is 11.9. The van der Waals surface area contributed by atoms with Crippen LogP contribution in [0.15, 0.2) is 67.0 Å². The van der Waals surface area contributed by atoms with Crippen molar-refractivity contribution < 1.29 is 4.79 Å². The first kappa shape index (κ1) is 23.7. The van der Waals surface area contributed by atoms with Crippen LogP contribution in [0.3, 0.4) is 0 Å². The Labute approximate surface area is 202 Å². The van der Waals surface area contributed by atoms with E-state index in [1.165, 1.54) is 0 Å². The van der Waals surface area contributed by atoms with Crippen LogP contribution in [0.4, 0.5) is 11.4 Å². The highest BCUT2D eigenvalue weighted by molar-refractivity contribution is 5.96. The topological polar surface area (TPSA) is 74.5 Å². The number of hydrogen-bond donors (Lipinski definition) is 2. The van der Waals surface area contributed by atoms with Gasteiger partial charge in [0, 0.05) is 55.5 Å². The number of rotatable bonds is 9. The average Bonchev–Trinajstić information content (AvgIpc) is 2.85. The van der Waals surface area contributed by atoms with E-state index in [2.05, 4.69) is 51.4 Å². The number of likely N-dealkylation sites (N-methyl/N-ethyl adjacent to an activating group) is 1. The van der Waals surface area contributed by atoms with Gasteiger partial charge in [-0.2, -0.15) is 0 Å². The number of benzene rings is 2. The molecule has 3 N–H and O–H groups in total. The lowest BCUT2D eigenvalue weighted by Crippen LogP contribution is -2.44. The lowest BCUT2D eigenvalue weighted by Gasteiger charge is -2.32. The van der Waals surface area contributed by atoms with Crippen LogP contribution in [0.25, 0.3) is 12.2 Å². The summed E-state index contributed by atoms with van der Waals surface area (Å²) in [6.45, 7) is 5.43. The first-order valence-electron chi connectivity index (χ1n) is 11.9. The van der Waals surface area contributed by atoms with Gasteiger partial charge in [0.25, 0.3) is 0 Å². The maximum Gasteiger partial charge on any atom is 0.249 e. The van der Waals surface area contributed by atoms with Gasteiger partial charge in [-0.15, -0.1) is 0 Å². The van der Waals surface area contributed by atoms with Crippen molar-refractivity contribution in [1.82, 2.24) is 14.8 Å². The molecule has 0 spiro atoms. The molecule has 1 aliphatic rings. The number of nitrogens with zero attached hydrogens (tertiary/aromatic N) is 3. The fraction of sp³-hybridized carbons (Fsp3) is 0.286. The highest BCUT2D eigenvalue weighted by atomic mass is 16.1. The average molecular weight is 456 g/mol. The number of aromatic nitrogens is 1. The standard InChI is InChI=1S/C28H33N5O/c1-32-17-19-33(20-18-32)16-4-8-25-26(28(29)34)7-3-9-27(25)31-24-6-2-5-23(21-24)11-10-22-12-14-30-15-13-22/h2-3,5-7,9-15,21,31H,4,8,16-20H2,1H3,(H2,29,34). The normalized spacial score (nSPS) is 15.0. The fourth-order valence-corrected chi connectivity index (χ4v) is 4.30. The summed E-state index contributed by atoms with van der Waals surface area (Å²) in [5.74, 6) is -0.382. The van der Waals surface area contributed by atoms with Crippen LogP contribution in [0.1, 0.15) is 33.5 Å². The minimum absolute atomic E-state index is 0.382. The van der Waals surface area contributed by atoms with Gasteiger partial charge in [0.1, 0.15) is 0 Å². The van der Waals surface area contributed by atoms with Gasteiger partial charge in [-0.05, 0) is 79.5 Å². The van der Waals surface area contributed by atoms with Gasteiger partial charge in [0.05, 0.1) is 0 Å². The highest BCUT2D eigenvalue weighted by Gasteiger charge is 2.16. The van der Waals surface area contributed by atoms with Crippen molar-refractivity contribution in [3.05, 3.63) is 89.2 Å². The van der Waals surface area contributed by atoms with Gasteiger partial charge in [0.2, 0.25) is 5.91 Å². The molecule has 2 aromatic carbocycles. The minimum atomic E-state index is -0.382. The maximum absolute atomic E-state index is 12.2. The van der Waals surface area contributed by atoms with E-state index in [0.29, 0.717) is 5.56 Å². The molecule has 0 radical (unpaired) electrons. The summed E-state index contributed by atoms with van der Waals surface area (Å²) >= 11 is 0. The number of piperazine rings is 1. The van der Waals surface area contributed by atoms with E-state index in [1.807, 2.05) is 42.5 Å². The number of carbonyl (C=O) groups is 1. The van der Waals surface area contributed by atoms with Crippen molar-refractivity contribution in [3.63, 3.8) is 0 Å². The molecule has 0 aliphatic carbocycles. The van der Waals surface area contributed by atoms with E-state index in [-0.39, 0.29) is 5.91 Å². The van der Waals surface area contributed by atoms with Crippen molar-refractivity contribution in [2.45, 2.75) is 12.8 Å². The zero-order chi connectivity index (χ0) is 23.8. The van der Waals surface area contributed by atoms with Gasteiger partial charge in [-0.1, -0.05) is 30.4 Å². The zero-order valence-electron chi connectivity index (χ0n) is 19.8. The molecule has 4 rings (SSSR count). The Kier molecular flexibility index (Phi) is 8.07. The molecule has 1 amide bonds. The number of pyridine rings is 1. The van der Waals surface area contributed by atoms with Crippen LogP contribution in [-0.4, -0.2) is 60.5 Å². The summed E-state index contributed by atoms with van der Waals surface area (Å²) in [5.41, 5.74) is 11.4. The first-order chi connectivity index (χ1) is 16.6. The van der Waals surface area contributed by atoms with E-state index >= 15 is 0 Å². The lowest BCUT2D eigenvalue weighted by molar-refractivity contribution is 0.0999. The predicted octanol–water partition coefficient (Wildman–Crippen LogP) is 4.27. The Morgan fingerprint density at radius 3 is 2.50 bits per heavy atom. The number of anilines is 2. The minimum Gasteiger partial charge on any atom is -0.366 e. The van der Waals surface area contributed by atoms with Crippen LogP contribution >= 0.6 is 0 Å². The van der Waals surface area contributed by atoms with Gasteiger partial charge in [-0.3, -0.25) is 9.78 Å². The maximum atomic E-state index is 12.2. The Hall–Kier alpha value is -3.48. The van der Waals surface area contributed by atoms with E-state index in [1.54, 1.807) is 12.4 Å². The molecule has 0 atom stereocenters. The molecule has 0 saturated carbocycles. The van der Waals surface area contributed by atoms with E-state index in [4.69, 9.17) is 5.73 Å². The van der Waals surface area contributed by atoms with Crippen LogP contribution in [0, 0.1) is 0 Å². The van der Waals surface area contributed by atoms with Crippen LogP contribution in [-0.2, 0) is 6.42 Å². The Morgan fingerprint density at radius 2 is 1.74 bits per heavy atom. The van der Waals surface area contributed by atoms with Gasteiger partial charge >= 0.3 is 0 Å². The van der Waals surface area contributed by atoms with Gasteiger partial charge in [0.15, 0.2) is 0 Å². The van der Waals surface area contributed by atoms with Crippen molar-refractivity contribution in [2.24, 2.45) is 5.73 Å². The second-order valence-corrected chi connectivity index (χ2v) is 8.81. The zero-order valence-corrected chi connectivity index (χ0v) is 19.8. The van der Waals surface area contributed by atoms with Crippen LogP contribution in [0.5, 0.6) is 0 Å². The van der Waals surface area contributed by atoms with Crippen molar-refractivity contribution in [2.75, 3.05) is 45.1 Å². The third-order valence-corrected chi connectivity index (χ3v) is 6.28. The van der Waals surface area contributed by atoms with Crippen molar-refractivity contribution >= 4 is 29.4 Å². The quantitative estimate of drug-likeness (QED) is 0.504. The molecule has 176 valence electrons. The van der Waals surface area contributed by atoms with E-state index in [0.717, 1.165) is 73.6 Å². The molecule has 1 aliphatic heterocycles. The summed E-state index contributed by atoms with van der Waals surface area (Å²) in [5, 5.41) is 3.53. The molecular formula is C28H33N5O. The number of primary amides is 1. The second kappa shape index (κ2) is 11.6. The summed E-state index contributed by atoms with van der Waals surface area (Å²) in [6.07, 6.45) is 9.51. The smallest absolute Gasteiger partial charge is 0.249 e. The van der Waals surface area contributed by atoms with Crippen LogP contribution in [0.2, 0.25) is 0 Å². The largest absolute Gasteiger partial charge is 0.366 e. The van der Waals surface area contributed by atoms with Crippen molar-refractivity contribution in [1.29, 1.82) is 0 Å². The summed E-state index contributed by atoms with van der Waals surface area (Å²) in [4.78, 5) is 21.1. The number of nitrogens with two attached hydrogens (primary N) is 1. The Balaban J connectivity index is 1.47. The molecule has 6 nitrogen and oxygen atoms in total. The number of carbonyl (C=O) groups excluding carboxylic acids is 1. The molecule has 6 heteroatoms. The lowest BCUT2D eigenvalue weighted by atomic mass is 9.99. The molecule has 0 unspecified atom stereocenters. The van der Waals surface area contributed by atoms with E-state index in [9.17, 15) is 4.79 Å². The van der Waals surface area contributed by atoms with Gasteiger partial charge in [-0.25, -0.2) is 0 Å². The summed E-state index contributed by atoms with van der Waals surface area (Å²) in [7, 11) is 2.17. The SMILES string of the molecule is CN1CCN(CCCc2c(Nc3cccc(C=Cc4ccncc4)c3)cccc2C(N)=O)CC1. The molecule has 1 aromatic heterocycles. The van der Waals surface area contributed by atoms with Gasteiger partial charge < -0.3 is 20.9 Å². The molecule has 1 saturated heterocycles. The summed E-state index contributed by atoms with van der Waals surface area (Å²) < 4.78 is 0. The molecule has 3 aromatic rings. The summed E-state index contributed by atoms with van der Waals surface area (Å²) in [6, 6.07) is 17.9. The highest BCUT2D eigenvalue weighted by Crippen LogP contribution is 2.26. The predicted molar refractivity (Wildman–Crippen MR) is 140 cm³/mol. The molecular weight excluding hydrogens is 422 g/mol. The molecule has 2 heterocycles.